The molecule has 7 heteroatoms. The van der Waals surface area contributed by atoms with E-state index in [9.17, 15) is 4.79 Å². The van der Waals surface area contributed by atoms with E-state index < -0.39 is 0 Å². The molecule has 3 aromatic heterocycles. The van der Waals surface area contributed by atoms with Gasteiger partial charge in [-0.1, -0.05) is 11.2 Å². The molecule has 0 bridgehead atoms. The van der Waals surface area contributed by atoms with Crippen molar-refractivity contribution in [2.45, 2.75) is 6.92 Å². The zero-order chi connectivity index (χ0) is 13.2. The Bertz CT molecular complexity index is 699. The third-order valence-corrected chi connectivity index (χ3v) is 3.34. The van der Waals surface area contributed by atoms with Crippen LogP contribution in [0.1, 0.15) is 16.2 Å². The summed E-state index contributed by atoms with van der Waals surface area (Å²) in [6, 6.07) is 7.16. The molecule has 0 aliphatic rings. The van der Waals surface area contributed by atoms with Crippen molar-refractivity contribution in [1.82, 2.24) is 15.4 Å². The molecule has 0 aliphatic carbocycles. The van der Waals surface area contributed by atoms with E-state index >= 15 is 0 Å². The van der Waals surface area contributed by atoms with Crippen molar-refractivity contribution in [3.05, 3.63) is 41.0 Å². The molecule has 2 N–H and O–H groups in total. The SMILES string of the molecule is Cc1cc(NC(=O)c2cc(-c3cccs3)on2)n[nH]1. The van der Waals surface area contributed by atoms with E-state index in [0.29, 0.717) is 11.6 Å². The summed E-state index contributed by atoms with van der Waals surface area (Å²) < 4.78 is 5.14. The molecule has 0 atom stereocenters. The molecule has 3 heterocycles. The van der Waals surface area contributed by atoms with Gasteiger partial charge in [-0.25, -0.2) is 0 Å². The molecule has 0 fully saturated rings. The van der Waals surface area contributed by atoms with Crippen molar-refractivity contribution in [3.8, 4) is 10.6 Å². The van der Waals surface area contributed by atoms with Gasteiger partial charge >= 0.3 is 0 Å². The number of thiophene rings is 1. The second kappa shape index (κ2) is 4.69. The lowest BCUT2D eigenvalue weighted by atomic mass is 10.3. The van der Waals surface area contributed by atoms with E-state index in [-0.39, 0.29) is 11.6 Å². The van der Waals surface area contributed by atoms with Gasteiger partial charge < -0.3 is 9.84 Å². The maximum absolute atomic E-state index is 11.9. The summed E-state index contributed by atoms with van der Waals surface area (Å²) in [5, 5.41) is 15.0. The van der Waals surface area contributed by atoms with Crippen LogP contribution in [0.15, 0.2) is 34.2 Å². The van der Waals surface area contributed by atoms with Crippen LogP contribution >= 0.6 is 11.3 Å². The normalized spacial score (nSPS) is 10.6. The van der Waals surface area contributed by atoms with Crippen molar-refractivity contribution >= 4 is 23.1 Å². The average molecular weight is 274 g/mol. The number of H-pyrrole nitrogens is 1. The summed E-state index contributed by atoms with van der Waals surface area (Å²) in [7, 11) is 0. The molecule has 0 radical (unpaired) electrons. The molecular formula is C12H10N4O2S. The van der Waals surface area contributed by atoms with E-state index in [1.165, 1.54) is 11.3 Å². The van der Waals surface area contributed by atoms with E-state index in [0.717, 1.165) is 10.6 Å². The zero-order valence-corrected chi connectivity index (χ0v) is 10.8. The number of amides is 1. The lowest BCUT2D eigenvalue weighted by Crippen LogP contribution is -2.12. The zero-order valence-electron chi connectivity index (χ0n) is 10.0. The standard InChI is InChI=1S/C12H10N4O2S/c1-7-5-11(15-14-7)13-12(17)8-6-9(18-16-8)10-3-2-4-19-10/h2-6H,1H3,(H2,13,14,15,17). The van der Waals surface area contributed by atoms with E-state index in [2.05, 4.69) is 20.7 Å². The summed E-state index contributed by atoms with van der Waals surface area (Å²) in [4.78, 5) is 12.9. The Morgan fingerprint density at radius 1 is 1.47 bits per heavy atom. The molecule has 6 nitrogen and oxygen atoms in total. The first-order chi connectivity index (χ1) is 9.22. The van der Waals surface area contributed by atoms with Gasteiger partial charge in [0.25, 0.3) is 5.91 Å². The fourth-order valence-corrected chi connectivity index (χ4v) is 2.25. The van der Waals surface area contributed by atoms with Crippen LogP contribution in [0.3, 0.4) is 0 Å². The lowest BCUT2D eigenvalue weighted by molar-refractivity contribution is 0.101. The minimum Gasteiger partial charge on any atom is -0.355 e. The largest absolute Gasteiger partial charge is 0.355 e. The smallest absolute Gasteiger partial charge is 0.279 e. The number of carbonyl (C=O) groups excluding carboxylic acids is 1. The number of aryl methyl sites for hydroxylation is 1. The van der Waals surface area contributed by atoms with Crippen LogP contribution < -0.4 is 5.32 Å². The topological polar surface area (TPSA) is 83.8 Å². The summed E-state index contributed by atoms with van der Waals surface area (Å²) in [5.41, 5.74) is 1.10. The van der Waals surface area contributed by atoms with Crippen molar-refractivity contribution in [2.24, 2.45) is 0 Å². The van der Waals surface area contributed by atoms with Gasteiger partial charge in [0.2, 0.25) is 0 Å². The number of anilines is 1. The quantitative estimate of drug-likeness (QED) is 0.769. The van der Waals surface area contributed by atoms with Gasteiger partial charge in [0.15, 0.2) is 17.3 Å². The van der Waals surface area contributed by atoms with Crippen molar-refractivity contribution in [1.29, 1.82) is 0 Å². The Kier molecular flexibility index (Phi) is 2.88. The molecule has 0 saturated carbocycles. The van der Waals surface area contributed by atoms with Gasteiger partial charge in [-0.3, -0.25) is 9.89 Å². The second-order valence-corrected chi connectivity index (χ2v) is 4.89. The highest BCUT2D eigenvalue weighted by Gasteiger charge is 2.15. The van der Waals surface area contributed by atoms with E-state index in [1.807, 2.05) is 24.4 Å². The summed E-state index contributed by atoms with van der Waals surface area (Å²) in [5.74, 6) is 0.694. The van der Waals surface area contributed by atoms with E-state index in [4.69, 9.17) is 4.52 Å². The summed E-state index contributed by atoms with van der Waals surface area (Å²) in [6.07, 6.45) is 0. The van der Waals surface area contributed by atoms with Crippen LogP contribution in [-0.4, -0.2) is 21.3 Å². The molecule has 3 aromatic rings. The first-order valence-electron chi connectivity index (χ1n) is 5.56. The predicted molar refractivity (Wildman–Crippen MR) is 71.1 cm³/mol. The van der Waals surface area contributed by atoms with Gasteiger partial charge in [0.1, 0.15) is 0 Å². The van der Waals surface area contributed by atoms with Crippen molar-refractivity contribution < 1.29 is 9.32 Å². The molecule has 0 saturated heterocycles. The van der Waals surface area contributed by atoms with Crippen molar-refractivity contribution in [3.63, 3.8) is 0 Å². The number of nitrogens with zero attached hydrogens (tertiary/aromatic N) is 2. The Balaban J connectivity index is 1.77. The fourth-order valence-electron chi connectivity index (χ4n) is 1.58. The Morgan fingerprint density at radius 2 is 2.37 bits per heavy atom. The van der Waals surface area contributed by atoms with Gasteiger partial charge in [-0.2, -0.15) is 5.10 Å². The van der Waals surface area contributed by atoms with Crippen LogP contribution in [0.4, 0.5) is 5.82 Å². The number of hydrogen-bond donors (Lipinski definition) is 2. The van der Waals surface area contributed by atoms with Crippen LogP contribution in [0, 0.1) is 6.92 Å². The number of rotatable bonds is 3. The lowest BCUT2D eigenvalue weighted by Gasteiger charge is -1.95. The summed E-state index contributed by atoms with van der Waals surface area (Å²) in [6.45, 7) is 1.85. The average Bonchev–Trinajstić information content (AvgIpc) is 3.08. The maximum atomic E-state index is 11.9. The van der Waals surface area contributed by atoms with Gasteiger partial charge in [-0.15, -0.1) is 11.3 Å². The van der Waals surface area contributed by atoms with E-state index in [1.54, 1.807) is 12.1 Å². The second-order valence-electron chi connectivity index (χ2n) is 3.94. The van der Waals surface area contributed by atoms with Gasteiger partial charge in [0.05, 0.1) is 4.88 Å². The Labute approximate surface area is 112 Å². The highest BCUT2D eigenvalue weighted by molar-refractivity contribution is 7.13. The number of hydrogen-bond acceptors (Lipinski definition) is 5. The minimum absolute atomic E-state index is 0.226. The molecule has 19 heavy (non-hydrogen) atoms. The molecule has 0 unspecified atom stereocenters. The molecule has 1 amide bonds. The molecule has 96 valence electrons. The number of aromatic amines is 1. The molecule has 0 spiro atoms. The highest BCUT2D eigenvalue weighted by atomic mass is 32.1. The minimum atomic E-state index is -0.349. The summed E-state index contributed by atoms with van der Waals surface area (Å²) >= 11 is 1.53. The van der Waals surface area contributed by atoms with Gasteiger partial charge in [-0.05, 0) is 18.4 Å². The predicted octanol–water partition coefficient (Wildman–Crippen LogP) is 2.69. The Hall–Kier alpha value is -2.41. The third kappa shape index (κ3) is 2.41. The van der Waals surface area contributed by atoms with Crippen LogP contribution in [0.25, 0.3) is 10.6 Å². The highest BCUT2D eigenvalue weighted by Crippen LogP contribution is 2.25. The number of nitrogens with one attached hydrogen (secondary N) is 2. The van der Waals surface area contributed by atoms with Crippen LogP contribution in [0.5, 0.6) is 0 Å². The van der Waals surface area contributed by atoms with Crippen LogP contribution in [-0.2, 0) is 0 Å². The third-order valence-electron chi connectivity index (χ3n) is 2.45. The molecule has 3 rings (SSSR count). The fraction of sp³-hybridized carbons (Fsp3) is 0.0833. The van der Waals surface area contributed by atoms with Crippen LogP contribution in [0.2, 0.25) is 0 Å². The maximum Gasteiger partial charge on any atom is 0.279 e. The first-order valence-corrected chi connectivity index (χ1v) is 6.44. The Morgan fingerprint density at radius 3 is 3.05 bits per heavy atom. The number of aromatic nitrogens is 3. The van der Waals surface area contributed by atoms with Crippen molar-refractivity contribution in [2.75, 3.05) is 5.32 Å². The molecule has 0 aliphatic heterocycles. The number of carbonyl (C=O) groups is 1. The molecular weight excluding hydrogens is 264 g/mol. The molecule has 0 aromatic carbocycles. The first kappa shape index (κ1) is 11.7. The van der Waals surface area contributed by atoms with Gasteiger partial charge in [0, 0.05) is 17.8 Å². The monoisotopic (exact) mass is 274 g/mol.